The third kappa shape index (κ3) is 5.04. The fraction of sp³-hybridized carbons (Fsp3) is 0.500. The van der Waals surface area contributed by atoms with Crippen molar-refractivity contribution in [3.8, 4) is 0 Å². The molecule has 19 heavy (non-hydrogen) atoms. The molecule has 1 aromatic rings. The van der Waals surface area contributed by atoms with Crippen LogP contribution in [0.1, 0.15) is 25.3 Å². The van der Waals surface area contributed by atoms with E-state index in [0.29, 0.717) is 6.61 Å². The smallest absolute Gasteiger partial charge is 0.330 e. The van der Waals surface area contributed by atoms with Gasteiger partial charge in [-0.15, -0.1) is 0 Å². The van der Waals surface area contributed by atoms with E-state index in [1.54, 1.807) is 0 Å². The molecule has 0 aliphatic heterocycles. The first-order chi connectivity index (χ1) is 8.94. The lowest BCUT2D eigenvalue weighted by Gasteiger charge is -2.19. The van der Waals surface area contributed by atoms with E-state index >= 15 is 0 Å². The Balaban J connectivity index is 2.19. The standard InChI is InChI=1S/C14H18F2O3/c1-11(17)14(15,16)13(18)8-5-9-19-10-12-6-3-2-4-7-12/h2-4,6-7,13,18H,5,8-10H2,1H3. The zero-order valence-electron chi connectivity index (χ0n) is 10.8. The summed E-state index contributed by atoms with van der Waals surface area (Å²) in [5.74, 6) is -4.98. The van der Waals surface area contributed by atoms with Crippen LogP contribution in [-0.4, -0.2) is 29.5 Å². The van der Waals surface area contributed by atoms with Crippen LogP contribution in [0.2, 0.25) is 0 Å². The first-order valence-corrected chi connectivity index (χ1v) is 6.13. The Labute approximate surface area is 111 Å². The molecule has 1 N–H and O–H groups in total. The highest BCUT2D eigenvalue weighted by molar-refractivity contribution is 5.83. The molecule has 0 spiro atoms. The summed E-state index contributed by atoms with van der Waals surface area (Å²) >= 11 is 0. The Kier molecular flexibility index (Phi) is 6.05. The molecule has 0 radical (unpaired) electrons. The second-order valence-corrected chi connectivity index (χ2v) is 4.38. The first kappa shape index (κ1) is 15.7. The number of alkyl halides is 2. The summed E-state index contributed by atoms with van der Waals surface area (Å²) in [6, 6.07) is 9.47. The second-order valence-electron chi connectivity index (χ2n) is 4.38. The molecule has 106 valence electrons. The predicted octanol–water partition coefficient (Wildman–Crippen LogP) is 2.57. The molecular formula is C14H18F2O3. The molecule has 5 heteroatoms. The van der Waals surface area contributed by atoms with Gasteiger partial charge in [0.2, 0.25) is 5.78 Å². The van der Waals surface area contributed by atoms with Crippen LogP contribution in [0.5, 0.6) is 0 Å². The van der Waals surface area contributed by atoms with Gasteiger partial charge >= 0.3 is 5.92 Å². The molecule has 1 rings (SSSR count). The van der Waals surface area contributed by atoms with Crippen LogP contribution in [0.15, 0.2) is 30.3 Å². The molecule has 0 amide bonds. The van der Waals surface area contributed by atoms with E-state index in [1.165, 1.54) is 0 Å². The summed E-state index contributed by atoms with van der Waals surface area (Å²) < 4.78 is 31.4. The van der Waals surface area contributed by atoms with E-state index in [0.717, 1.165) is 12.5 Å². The van der Waals surface area contributed by atoms with Crippen LogP contribution in [0.3, 0.4) is 0 Å². The number of carbonyl (C=O) groups is 1. The average molecular weight is 272 g/mol. The molecule has 0 aromatic heterocycles. The summed E-state index contributed by atoms with van der Waals surface area (Å²) in [6.07, 6.45) is -1.83. The minimum absolute atomic E-state index is 0.165. The molecular weight excluding hydrogens is 254 g/mol. The number of ether oxygens (including phenoxy) is 1. The van der Waals surface area contributed by atoms with Crippen LogP contribution < -0.4 is 0 Å². The molecule has 0 fully saturated rings. The minimum Gasteiger partial charge on any atom is -0.386 e. The van der Waals surface area contributed by atoms with Gasteiger partial charge in [0.05, 0.1) is 6.61 Å². The number of benzene rings is 1. The Morgan fingerprint density at radius 1 is 1.37 bits per heavy atom. The van der Waals surface area contributed by atoms with Gasteiger partial charge in [-0.1, -0.05) is 30.3 Å². The van der Waals surface area contributed by atoms with Crippen molar-refractivity contribution >= 4 is 5.78 Å². The highest BCUT2D eigenvalue weighted by Crippen LogP contribution is 2.23. The maximum Gasteiger partial charge on any atom is 0.330 e. The van der Waals surface area contributed by atoms with Gasteiger partial charge in [0.15, 0.2) is 0 Å². The SMILES string of the molecule is CC(=O)C(F)(F)C(O)CCCOCc1ccccc1. The van der Waals surface area contributed by atoms with Crippen molar-refractivity contribution in [1.82, 2.24) is 0 Å². The second kappa shape index (κ2) is 7.31. The van der Waals surface area contributed by atoms with Crippen molar-refractivity contribution in [3.63, 3.8) is 0 Å². The third-order valence-corrected chi connectivity index (χ3v) is 2.77. The zero-order valence-corrected chi connectivity index (χ0v) is 10.8. The number of aliphatic hydroxyl groups is 1. The zero-order chi connectivity index (χ0) is 14.3. The number of Topliss-reactive ketones (excluding diaryl/α,β-unsaturated/α-hetero) is 1. The Bertz CT molecular complexity index is 393. The van der Waals surface area contributed by atoms with Crippen LogP contribution in [0, 0.1) is 0 Å². The van der Waals surface area contributed by atoms with E-state index in [-0.39, 0.29) is 19.4 Å². The quantitative estimate of drug-likeness (QED) is 0.740. The Morgan fingerprint density at radius 2 is 2.00 bits per heavy atom. The van der Waals surface area contributed by atoms with Crippen molar-refractivity contribution < 1.29 is 23.4 Å². The minimum atomic E-state index is -3.67. The molecule has 1 unspecified atom stereocenters. The molecule has 1 atom stereocenters. The van der Waals surface area contributed by atoms with Gasteiger partial charge in [0.25, 0.3) is 0 Å². The van der Waals surface area contributed by atoms with Gasteiger partial charge in [-0.05, 0) is 18.4 Å². The molecule has 0 saturated carbocycles. The number of carbonyl (C=O) groups excluding carboxylic acids is 1. The highest BCUT2D eigenvalue weighted by Gasteiger charge is 2.42. The van der Waals surface area contributed by atoms with E-state index in [9.17, 15) is 18.7 Å². The van der Waals surface area contributed by atoms with Crippen molar-refractivity contribution in [3.05, 3.63) is 35.9 Å². The van der Waals surface area contributed by atoms with E-state index in [1.807, 2.05) is 30.3 Å². The number of hydrogen-bond acceptors (Lipinski definition) is 3. The van der Waals surface area contributed by atoms with Crippen LogP contribution in [0.25, 0.3) is 0 Å². The summed E-state index contributed by atoms with van der Waals surface area (Å²) in [5.41, 5.74) is 0.997. The number of halogens is 2. The monoisotopic (exact) mass is 272 g/mol. The highest BCUT2D eigenvalue weighted by atomic mass is 19.3. The normalized spacial score (nSPS) is 13.3. The van der Waals surface area contributed by atoms with Crippen LogP contribution >= 0.6 is 0 Å². The van der Waals surface area contributed by atoms with Gasteiger partial charge < -0.3 is 9.84 Å². The molecule has 3 nitrogen and oxygen atoms in total. The lowest BCUT2D eigenvalue weighted by Crippen LogP contribution is -2.40. The largest absolute Gasteiger partial charge is 0.386 e. The predicted molar refractivity (Wildman–Crippen MR) is 67.0 cm³/mol. The number of aliphatic hydroxyl groups excluding tert-OH is 1. The fourth-order valence-electron chi connectivity index (χ4n) is 1.56. The molecule has 1 aromatic carbocycles. The van der Waals surface area contributed by atoms with Gasteiger partial charge in [-0.3, -0.25) is 4.79 Å². The van der Waals surface area contributed by atoms with E-state index in [4.69, 9.17) is 4.74 Å². The molecule has 0 aliphatic carbocycles. The summed E-state index contributed by atoms with van der Waals surface area (Å²) in [5, 5.41) is 9.24. The third-order valence-electron chi connectivity index (χ3n) is 2.77. The number of rotatable bonds is 8. The van der Waals surface area contributed by atoms with E-state index in [2.05, 4.69) is 0 Å². The van der Waals surface area contributed by atoms with Gasteiger partial charge in [-0.2, -0.15) is 8.78 Å². The fourth-order valence-corrected chi connectivity index (χ4v) is 1.56. The van der Waals surface area contributed by atoms with Crippen molar-refractivity contribution in [1.29, 1.82) is 0 Å². The van der Waals surface area contributed by atoms with Crippen LogP contribution in [0.4, 0.5) is 8.78 Å². The molecule has 0 heterocycles. The molecule has 0 bridgehead atoms. The number of ketones is 1. The molecule has 0 aliphatic rings. The van der Waals surface area contributed by atoms with Crippen molar-refractivity contribution in [2.24, 2.45) is 0 Å². The molecule has 0 saturated heterocycles. The van der Waals surface area contributed by atoms with E-state index < -0.39 is 17.8 Å². The van der Waals surface area contributed by atoms with Crippen molar-refractivity contribution in [2.75, 3.05) is 6.61 Å². The summed E-state index contributed by atoms with van der Waals surface area (Å²) in [7, 11) is 0. The number of hydrogen-bond donors (Lipinski definition) is 1. The van der Waals surface area contributed by atoms with Gasteiger partial charge in [-0.25, -0.2) is 0 Å². The average Bonchev–Trinajstić information content (AvgIpc) is 2.39. The van der Waals surface area contributed by atoms with Crippen LogP contribution in [-0.2, 0) is 16.1 Å². The topological polar surface area (TPSA) is 46.5 Å². The van der Waals surface area contributed by atoms with Gasteiger partial charge in [0, 0.05) is 13.5 Å². The maximum absolute atomic E-state index is 13.1. The lowest BCUT2D eigenvalue weighted by atomic mass is 10.0. The first-order valence-electron chi connectivity index (χ1n) is 6.13. The van der Waals surface area contributed by atoms with Crippen molar-refractivity contribution in [2.45, 2.75) is 38.4 Å². The summed E-state index contributed by atoms with van der Waals surface area (Å²) in [4.78, 5) is 10.6. The Morgan fingerprint density at radius 3 is 2.58 bits per heavy atom. The van der Waals surface area contributed by atoms with Gasteiger partial charge in [0.1, 0.15) is 6.10 Å². The maximum atomic E-state index is 13.1. The summed E-state index contributed by atoms with van der Waals surface area (Å²) in [6.45, 7) is 1.44. The Hall–Kier alpha value is -1.33. The lowest BCUT2D eigenvalue weighted by molar-refractivity contribution is -0.159.